The summed E-state index contributed by atoms with van der Waals surface area (Å²) in [6.45, 7) is 2.75. The smallest absolute Gasteiger partial charge is 0.232 e. The molecule has 0 radical (unpaired) electrons. The molecule has 0 atom stereocenters. The van der Waals surface area contributed by atoms with E-state index in [0.29, 0.717) is 18.4 Å². The zero-order chi connectivity index (χ0) is 24.2. The van der Waals surface area contributed by atoms with Crippen molar-refractivity contribution in [3.63, 3.8) is 0 Å². The quantitative estimate of drug-likeness (QED) is 0.281. The molecular weight excluding hydrogens is 450 g/mol. The number of ether oxygens (including phenoxy) is 1. The second-order valence-corrected chi connectivity index (χ2v) is 9.09. The van der Waals surface area contributed by atoms with E-state index >= 15 is 0 Å². The molecule has 3 aromatic heterocycles. The average molecular weight is 478 g/mol. The van der Waals surface area contributed by atoms with Crippen LogP contribution in [0.2, 0.25) is 0 Å². The number of nitrogens with one attached hydrogen (secondary N) is 1. The zero-order valence-electron chi connectivity index (χ0n) is 19.9. The number of hydrogen-bond donors (Lipinski definition) is 1. The van der Waals surface area contributed by atoms with Gasteiger partial charge < -0.3 is 18.9 Å². The molecule has 1 aliphatic heterocycles. The first-order valence-electron chi connectivity index (χ1n) is 12.3. The van der Waals surface area contributed by atoms with Crippen molar-refractivity contribution in [3.8, 4) is 50.6 Å². The molecule has 0 unspecified atom stereocenters. The molecule has 0 saturated carbocycles. The Kier molecular flexibility index (Phi) is 6.33. The minimum absolute atomic E-state index is 0.542. The van der Waals surface area contributed by atoms with Crippen LogP contribution in [-0.2, 0) is 0 Å². The highest BCUT2D eigenvalue weighted by Gasteiger charge is 2.17. The van der Waals surface area contributed by atoms with Crippen molar-refractivity contribution in [3.05, 3.63) is 91.9 Å². The number of furan rings is 2. The number of aromatic nitrogens is 2. The van der Waals surface area contributed by atoms with E-state index in [-0.39, 0.29) is 0 Å². The fourth-order valence-corrected chi connectivity index (χ4v) is 4.61. The molecule has 0 bridgehead atoms. The molecule has 1 fully saturated rings. The molecule has 1 N–H and O–H groups in total. The second-order valence-electron chi connectivity index (χ2n) is 9.09. The number of rotatable bonds is 7. The maximum atomic E-state index is 6.13. The Bertz CT molecular complexity index is 1390. The third-order valence-electron chi connectivity index (χ3n) is 6.70. The van der Waals surface area contributed by atoms with Gasteiger partial charge in [0, 0.05) is 22.3 Å². The van der Waals surface area contributed by atoms with E-state index < -0.39 is 0 Å². The van der Waals surface area contributed by atoms with Crippen molar-refractivity contribution in [2.24, 2.45) is 5.92 Å². The Labute approximate surface area is 210 Å². The lowest BCUT2D eigenvalue weighted by molar-refractivity contribution is 0.208. The van der Waals surface area contributed by atoms with E-state index in [0.717, 1.165) is 70.7 Å². The van der Waals surface area contributed by atoms with Gasteiger partial charge in [-0.15, -0.1) is 0 Å². The molecule has 0 aliphatic carbocycles. The third-order valence-corrected chi connectivity index (χ3v) is 6.70. The van der Waals surface area contributed by atoms with Crippen LogP contribution in [-0.4, -0.2) is 29.7 Å². The van der Waals surface area contributed by atoms with Crippen LogP contribution >= 0.6 is 0 Å². The van der Waals surface area contributed by atoms with Crippen molar-refractivity contribution in [1.82, 2.24) is 15.3 Å². The highest BCUT2D eigenvalue weighted by molar-refractivity contribution is 5.80. The predicted molar refractivity (Wildman–Crippen MR) is 139 cm³/mol. The summed E-state index contributed by atoms with van der Waals surface area (Å²) in [5.41, 5.74) is 7.86. The minimum Gasteiger partial charge on any atom is -0.476 e. The molecule has 5 aromatic rings. The van der Waals surface area contributed by atoms with Crippen molar-refractivity contribution in [1.29, 1.82) is 0 Å². The summed E-state index contributed by atoms with van der Waals surface area (Å²) in [4.78, 5) is 9.75. The molecule has 6 rings (SSSR count). The summed E-state index contributed by atoms with van der Waals surface area (Å²) in [6, 6.07) is 20.5. The number of piperidine rings is 1. The van der Waals surface area contributed by atoms with Gasteiger partial charge in [-0.3, -0.25) is 0 Å². The summed E-state index contributed by atoms with van der Waals surface area (Å²) in [7, 11) is 0. The van der Waals surface area contributed by atoms with E-state index in [1.165, 1.54) is 0 Å². The van der Waals surface area contributed by atoms with Gasteiger partial charge in [-0.05, 0) is 55.1 Å². The van der Waals surface area contributed by atoms with Gasteiger partial charge >= 0.3 is 0 Å². The fourth-order valence-electron chi connectivity index (χ4n) is 4.61. The minimum atomic E-state index is 0.542. The van der Waals surface area contributed by atoms with E-state index in [1.54, 1.807) is 31.2 Å². The summed E-state index contributed by atoms with van der Waals surface area (Å²) < 4.78 is 16.6. The van der Waals surface area contributed by atoms with Gasteiger partial charge in [0.25, 0.3) is 0 Å². The van der Waals surface area contributed by atoms with Gasteiger partial charge in [0.05, 0.1) is 43.6 Å². The molecule has 4 heterocycles. The first kappa shape index (κ1) is 22.3. The second kappa shape index (κ2) is 10.2. The molecule has 1 aliphatic rings. The summed E-state index contributed by atoms with van der Waals surface area (Å²) in [5, 5.41) is 3.40. The monoisotopic (exact) mass is 477 g/mol. The summed E-state index contributed by atoms with van der Waals surface area (Å²) >= 11 is 0. The largest absolute Gasteiger partial charge is 0.476 e. The summed E-state index contributed by atoms with van der Waals surface area (Å²) in [5.74, 6) is 1.10. The zero-order valence-corrected chi connectivity index (χ0v) is 19.9. The Morgan fingerprint density at radius 1 is 0.694 bits per heavy atom. The normalized spacial score (nSPS) is 14.1. The Morgan fingerprint density at radius 2 is 1.25 bits per heavy atom. The molecule has 2 aromatic carbocycles. The van der Waals surface area contributed by atoms with Crippen LogP contribution in [0.15, 0.2) is 101 Å². The first-order valence-corrected chi connectivity index (χ1v) is 12.3. The van der Waals surface area contributed by atoms with E-state index in [2.05, 4.69) is 53.8 Å². The molecule has 1 saturated heterocycles. The Balaban J connectivity index is 1.33. The van der Waals surface area contributed by atoms with Crippen molar-refractivity contribution < 1.29 is 13.6 Å². The maximum Gasteiger partial charge on any atom is 0.232 e. The lowest BCUT2D eigenvalue weighted by atomic mass is 9.99. The van der Waals surface area contributed by atoms with Gasteiger partial charge in [0.2, 0.25) is 5.88 Å². The van der Waals surface area contributed by atoms with Gasteiger partial charge in [-0.25, -0.2) is 9.97 Å². The lowest BCUT2D eigenvalue weighted by Gasteiger charge is -2.22. The van der Waals surface area contributed by atoms with Crippen LogP contribution in [0.3, 0.4) is 0 Å². The van der Waals surface area contributed by atoms with Crippen LogP contribution in [0.4, 0.5) is 0 Å². The molecular formula is C30H27N3O3. The van der Waals surface area contributed by atoms with E-state index in [1.807, 2.05) is 12.1 Å². The van der Waals surface area contributed by atoms with Crippen LogP contribution in [0.1, 0.15) is 12.8 Å². The highest BCUT2D eigenvalue weighted by Crippen LogP contribution is 2.33. The third kappa shape index (κ3) is 4.81. The van der Waals surface area contributed by atoms with Crippen LogP contribution < -0.4 is 10.1 Å². The van der Waals surface area contributed by atoms with Crippen LogP contribution in [0, 0.1) is 5.92 Å². The standard InChI is InChI=1S/C30H27N3O3/c1-5-24(6-2-22(1)26-11-15-34-19-26)29-30(25-7-3-23(4-8-25)27-12-16-35-20-27)33-28(17-32-29)36-18-21-9-13-31-14-10-21/h1-8,11-12,15-17,19-21,31H,9-10,13-14,18H2. The van der Waals surface area contributed by atoms with Crippen molar-refractivity contribution >= 4 is 0 Å². The van der Waals surface area contributed by atoms with Gasteiger partial charge in [-0.2, -0.15) is 0 Å². The number of nitrogens with zero attached hydrogens (tertiary/aromatic N) is 2. The van der Waals surface area contributed by atoms with Crippen molar-refractivity contribution in [2.45, 2.75) is 12.8 Å². The average Bonchev–Trinajstić information content (AvgIpc) is 3.68. The van der Waals surface area contributed by atoms with Gasteiger partial charge in [-0.1, -0.05) is 48.5 Å². The Hall–Kier alpha value is -4.16. The van der Waals surface area contributed by atoms with Gasteiger partial charge in [0.1, 0.15) is 5.69 Å². The maximum absolute atomic E-state index is 6.13. The number of hydrogen-bond acceptors (Lipinski definition) is 6. The molecule has 6 nitrogen and oxygen atoms in total. The van der Waals surface area contributed by atoms with E-state index in [4.69, 9.17) is 23.5 Å². The molecule has 36 heavy (non-hydrogen) atoms. The Morgan fingerprint density at radius 3 is 1.81 bits per heavy atom. The molecule has 180 valence electrons. The van der Waals surface area contributed by atoms with E-state index in [9.17, 15) is 0 Å². The highest BCUT2D eigenvalue weighted by atomic mass is 16.5. The topological polar surface area (TPSA) is 73.3 Å². The van der Waals surface area contributed by atoms with Crippen LogP contribution in [0.25, 0.3) is 44.8 Å². The van der Waals surface area contributed by atoms with Crippen molar-refractivity contribution in [2.75, 3.05) is 19.7 Å². The fraction of sp³-hybridized carbons (Fsp3) is 0.200. The van der Waals surface area contributed by atoms with Crippen LogP contribution in [0.5, 0.6) is 5.88 Å². The first-order chi connectivity index (χ1) is 17.8. The SMILES string of the molecule is c1cc(-c2ccc(-c3ncc(OCC4CCNCC4)nc3-c3ccc(-c4ccoc4)cc3)cc2)co1. The summed E-state index contributed by atoms with van der Waals surface area (Å²) in [6.07, 6.45) is 10.8. The lowest BCUT2D eigenvalue weighted by Crippen LogP contribution is -2.30. The predicted octanol–water partition coefficient (Wildman–Crippen LogP) is 6.71. The molecule has 0 spiro atoms. The number of benzene rings is 2. The molecule has 0 amide bonds. The van der Waals surface area contributed by atoms with Gasteiger partial charge in [0.15, 0.2) is 0 Å². The molecule has 6 heteroatoms.